The van der Waals surface area contributed by atoms with E-state index in [1.807, 2.05) is 63.2 Å². The second-order valence-electron chi connectivity index (χ2n) is 6.66. The quantitative estimate of drug-likeness (QED) is 0.662. The van der Waals surface area contributed by atoms with Gasteiger partial charge in [0.15, 0.2) is 5.69 Å². The lowest BCUT2D eigenvalue weighted by Crippen LogP contribution is -2.39. The smallest absolute Gasteiger partial charge is 0.260 e. The van der Waals surface area contributed by atoms with Crippen molar-refractivity contribution >= 4 is 16.8 Å². The summed E-state index contributed by atoms with van der Waals surface area (Å²) in [5.41, 5.74) is 5.12. The standard InChI is InChI=1S/C22H25N2O/c1-15-19-13-9-10-14-20(19)23(4)17(3)21(15)22(25)24(5)16(2)18-11-7-6-8-12-18/h6-14,16H,1-5H3/q+1/t16-/m1/s1. The van der Waals surface area contributed by atoms with Gasteiger partial charge in [-0.1, -0.05) is 42.5 Å². The average Bonchev–Trinajstić information content (AvgIpc) is 2.65. The molecule has 0 saturated carbocycles. The van der Waals surface area contributed by atoms with E-state index in [0.29, 0.717) is 0 Å². The van der Waals surface area contributed by atoms with Crippen LogP contribution in [0.25, 0.3) is 10.9 Å². The first-order chi connectivity index (χ1) is 11.9. The summed E-state index contributed by atoms with van der Waals surface area (Å²) in [7, 11) is 3.91. The fourth-order valence-corrected chi connectivity index (χ4v) is 3.46. The van der Waals surface area contributed by atoms with Gasteiger partial charge in [0.25, 0.3) is 5.91 Å². The molecule has 25 heavy (non-hydrogen) atoms. The van der Waals surface area contributed by atoms with Gasteiger partial charge in [-0.2, -0.15) is 4.57 Å². The van der Waals surface area contributed by atoms with Crippen LogP contribution in [0.5, 0.6) is 0 Å². The molecule has 3 aromatic rings. The minimum Gasteiger partial charge on any atom is -0.335 e. The summed E-state index contributed by atoms with van der Waals surface area (Å²) in [6, 6.07) is 18.4. The highest BCUT2D eigenvalue weighted by molar-refractivity contribution is 6.00. The van der Waals surface area contributed by atoms with Crippen LogP contribution in [0.2, 0.25) is 0 Å². The van der Waals surface area contributed by atoms with E-state index in [4.69, 9.17) is 0 Å². The molecule has 0 unspecified atom stereocenters. The van der Waals surface area contributed by atoms with Crippen molar-refractivity contribution in [1.82, 2.24) is 4.90 Å². The van der Waals surface area contributed by atoms with E-state index in [1.165, 1.54) is 0 Å². The largest absolute Gasteiger partial charge is 0.335 e. The van der Waals surface area contributed by atoms with Crippen molar-refractivity contribution in [3.8, 4) is 0 Å². The number of nitrogens with zero attached hydrogens (tertiary/aromatic N) is 2. The number of carbonyl (C=O) groups is 1. The third kappa shape index (κ3) is 2.91. The number of fused-ring (bicyclic) bond motifs is 1. The molecule has 128 valence electrons. The molecule has 0 aliphatic heterocycles. The molecule has 3 heteroatoms. The van der Waals surface area contributed by atoms with Crippen LogP contribution in [0.15, 0.2) is 54.6 Å². The van der Waals surface area contributed by atoms with Gasteiger partial charge in [-0.3, -0.25) is 4.79 Å². The number of pyridine rings is 1. The zero-order chi connectivity index (χ0) is 18.1. The predicted molar refractivity (Wildman–Crippen MR) is 102 cm³/mol. The lowest BCUT2D eigenvalue weighted by molar-refractivity contribution is -0.651. The molecule has 3 nitrogen and oxygen atoms in total. The first kappa shape index (κ1) is 17.2. The Morgan fingerprint density at radius 3 is 2.28 bits per heavy atom. The molecular weight excluding hydrogens is 308 g/mol. The monoisotopic (exact) mass is 333 g/mol. The minimum atomic E-state index is 0.0178. The molecule has 0 aliphatic carbocycles. The molecule has 0 aliphatic rings. The molecule has 1 aromatic heterocycles. The number of rotatable bonds is 3. The predicted octanol–water partition coefficient (Wildman–Crippen LogP) is 4.11. The number of aromatic nitrogens is 1. The Morgan fingerprint density at radius 2 is 1.60 bits per heavy atom. The molecule has 0 N–H and O–H groups in total. The van der Waals surface area contributed by atoms with Crippen molar-refractivity contribution in [2.45, 2.75) is 26.8 Å². The Hall–Kier alpha value is -2.68. The van der Waals surface area contributed by atoms with E-state index >= 15 is 0 Å². The van der Waals surface area contributed by atoms with Crippen molar-refractivity contribution in [2.75, 3.05) is 7.05 Å². The van der Waals surface area contributed by atoms with Gasteiger partial charge < -0.3 is 4.90 Å². The van der Waals surface area contributed by atoms with Crippen molar-refractivity contribution in [2.24, 2.45) is 7.05 Å². The van der Waals surface area contributed by atoms with Gasteiger partial charge in [0.2, 0.25) is 5.52 Å². The Balaban J connectivity index is 2.08. The van der Waals surface area contributed by atoms with E-state index in [-0.39, 0.29) is 11.9 Å². The molecule has 3 rings (SSSR count). The average molecular weight is 333 g/mol. The number of carbonyl (C=O) groups excluding carboxylic acids is 1. The van der Waals surface area contributed by atoms with Gasteiger partial charge >= 0.3 is 0 Å². The molecule has 1 amide bonds. The van der Waals surface area contributed by atoms with Crippen molar-refractivity contribution in [1.29, 1.82) is 0 Å². The third-order valence-corrected chi connectivity index (χ3v) is 5.31. The summed E-state index contributed by atoms with van der Waals surface area (Å²) in [6.07, 6.45) is 0. The molecule has 2 aromatic carbocycles. The maximum atomic E-state index is 13.3. The summed E-state index contributed by atoms with van der Waals surface area (Å²) < 4.78 is 2.11. The lowest BCUT2D eigenvalue weighted by Gasteiger charge is -2.26. The number of hydrogen-bond donors (Lipinski definition) is 0. The third-order valence-electron chi connectivity index (χ3n) is 5.31. The van der Waals surface area contributed by atoms with E-state index in [2.05, 4.69) is 35.8 Å². The Kier molecular flexibility index (Phi) is 4.58. The van der Waals surface area contributed by atoms with Gasteiger partial charge in [-0.25, -0.2) is 0 Å². The molecule has 1 heterocycles. The number of benzene rings is 2. The normalized spacial score (nSPS) is 12.2. The highest BCUT2D eigenvalue weighted by Gasteiger charge is 2.28. The van der Waals surface area contributed by atoms with Gasteiger partial charge in [0, 0.05) is 20.0 Å². The second kappa shape index (κ2) is 6.67. The van der Waals surface area contributed by atoms with Crippen LogP contribution in [-0.4, -0.2) is 17.9 Å². The number of para-hydroxylation sites is 1. The van der Waals surface area contributed by atoms with Crippen molar-refractivity contribution in [3.63, 3.8) is 0 Å². The van der Waals surface area contributed by atoms with Crippen LogP contribution in [0.1, 0.15) is 40.1 Å². The van der Waals surface area contributed by atoms with Crippen LogP contribution in [0.3, 0.4) is 0 Å². The number of aryl methyl sites for hydroxylation is 2. The van der Waals surface area contributed by atoms with Crippen LogP contribution in [-0.2, 0) is 7.05 Å². The van der Waals surface area contributed by atoms with E-state index in [9.17, 15) is 4.79 Å². The summed E-state index contributed by atoms with van der Waals surface area (Å²) in [4.78, 5) is 15.1. The van der Waals surface area contributed by atoms with Crippen LogP contribution >= 0.6 is 0 Å². The molecule has 0 fully saturated rings. The van der Waals surface area contributed by atoms with Crippen LogP contribution < -0.4 is 4.57 Å². The summed E-state index contributed by atoms with van der Waals surface area (Å²) >= 11 is 0. The zero-order valence-electron chi connectivity index (χ0n) is 15.6. The SMILES string of the molecule is Cc1c(C(=O)N(C)[C@H](C)c2ccccc2)c(C)[n+](C)c2ccccc12. The maximum Gasteiger partial charge on any atom is 0.260 e. The maximum absolute atomic E-state index is 13.3. The number of hydrogen-bond acceptors (Lipinski definition) is 1. The van der Waals surface area contributed by atoms with Gasteiger partial charge in [-0.15, -0.1) is 0 Å². The molecule has 0 saturated heterocycles. The highest BCUT2D eigenvalue weighted by atomic mass is 16.2. The van der Waals surface area contributed by atoms with Crippen LogP contribution in [0.4, 0.5) is 0 Å². The Bertz CT molecular complexity index is 932. The van der Waals surface area contributed by atoms with E-state index < -0.39 is 0 Å². The Morgan fingerprint density at radius 1 is 1.00 bits per heavy atom. The fraction of sp³-hybridized carbons (Fsp3) is 0.273. The second-order valence-corrected chi connectivity index (χ2v) is 6.66. The molecule has 0 spiro atoms. The van der Waals surface area contributed by atoms with Gasteiger partial charge in [-0.05, 0) is 31.0 Å². The molecular formula is C22H25N2O+. The first-order valence-electron chi connectivity index (χ1n) is 8.63. The topological polar surface area (TPSA) is 24.2 Å². The summed E-state index contributed by atoms with van der Waals surface area (Å²) in [5.74, 6) is 0.0627. The van der Waals surface area contributed by atoms with E-state index in [1.54, 1.807) is 0 Å². The van der Waals surface area contributed by atoms with Crippen molar-refractivity contribution in [3.05, 3.63) is 77.0 Å². The highest BCUT2D eigenvalue weighted by Crippen LogP contribution is 2.25. The fourth-order valence-electron chi connectivity index (χ4n) is 3.46. The van der Waals surface area contributed by atoms with Gasteiger partial charge in [0.05, 0.1) is 11.4 Å². The minimum absolute atomic E-state index is 0.0178. The Labute approximate surface area is 149 Å². The summed E-state index contributed by atoms with van der Waals surface area (Å²) in [6.45, 7) is 6.14. The first-order valence-corrected chi connectivity index (χ1v) is 8.63. The van der Waals surface area contributed by atoms with Gasteiger partial charge in [0.1, 0.15) is 12.6 Å². The summed E-state index contributed by atoms with van der Waals surface area (Å²) in [5, 5.41) is 1.12. The molecule has 0 radical (unpaired) electrons. The van der Waals surface area contributed by atoms with Crippen LogP contribution in [0, 0.1) is 13.8 Å². The van der Waals surface area contributed by atoms with Crippen molar-refractivity contribution < 1.29 is 9.36 Å². The number of amides is 1. The van der Waals surface area contributed by atoms with E-state index in [0.717, 1.165) is 33.3 Å². The molecule has 0 bridgehead atoms. The lowest BCUT2D eigenvalue weighted by atomic mass is 9.99. The zero-order valence-corrected chi connectivity index (χ0v) is 15.6. The molecule has 1 atom stereocenters.